The molecular formula is C21H22N4O3. The van der Waals surface area contributed by atoms with Gasteiger partial charge in [-0.05, 0) is 42.8 Å². The van der Waals surface area contributed by atoms with Gasteiger partial charge < -0.3 is 20.1 Å². The third kappa shape index (κ3) is 4.97. The maximum absolute atomic E-state index is 11.7. The molecular weight excluding hydrogens is 356 g/mol. The fourth-order valence-corrected chi connectivity index (χ4v) is 2.63. The molecule has 0 radical (unpaired) electrons. The number of aromatic nitrogens is 2. The molecule has 0 aliphatic carbocycles. The largest absolute Gasteiger partial charge is 0.497 e. The minimum Gasteiger partial charge on any atom is -0.497 e. The van der Waals surface area contributed by atoms with Crippen molar-refractivity contribution in [1.29, 1.82) is 0 Å². The molecule has 2 aromatic carbocycles. The number of benzene rings is 2. The van der Waals surface area contributed by atoms with E-state index in [1.807, 2.05) is 43.3 Å². The molecule has 0 bridgehead atoms. The van der Waals surface area contributed by atoms with Crippen LogP contribution in [0.25, 0.3) is 0 Å². The predicted octanol–water partition coefficient (Wildman–Crippen LogP) is 3.94. The molecule has 0 fully saturated rings. The third-order valence-electron chi connectivity index (χ3n) is 4.02. The summed E-state index contributed by atoms with van der Waals surface area (Å²) < 4.78 is 9.93. The van der Waals surface area contributed by atoms with Crippen molar-refractivity contribution in [3.05, 3.63) is 71.4 Å². The lowest BCUT2D eigenvalue weighted by Gasteiger charge is -2.11. The van der Waals surface area contributed by atoms with Crippen LogP contribution in [0.15, 0.2) is 54.6 Å². The van der Waals surface area contributed by atoms with Crippen LogP contribution in [-0.2, 0) is 11.3 Å². The summed E-state index contributed by atoms with van der Waals surface area (Å²) in [7, 11) is 3.00. The summed E-state index contributed by atoms with van der Waals surface area (Å²) >= 11 is 0. The van der Waals surface area contributed by atoms with Crippen LogP contribution in [0.3, 0.4) is 0 Å². The van der Waals surface area contributed by atoms with E-state index >= 15 is 0 Å². The Morgan fingerprint density at radius 3 is 2.54 bits per heavy atom. The second kappa shape index (κ2) is 8.85. The van der Waals surface area contributed by atoms with Gasteiger partial charge in [0.05, 0.1) is 19.8 Å². The van der Waals surface area contributed by atoms with Crippen molar-refractivity contribution >= 4 is 23.4 Å². The quantitative estimate of drug-likeness (QED) is 0.602. The standard InChI is InChI=1S/C21H22N4O3/c1-14-11-19(24-17-6-4-5-16(12-17)20(26)28-3)25-21(23-14)22-13-15-7-9-18(27-2)10-8-15/h4-12H,13H2,1-3H3,(H2,22,23,24,25). The van der Waals surface area contributed by atoms with E-state index in [-0.39, 0.29) is 5.97 Å². The van der Waals surface area contributed by atoms with Gasteiger partial charge in [0.25, 0.3) is 0 Å². The Morgan fingerprint density at radius 2 is 1.82 bits per heavy atom. The van der Waals surface area contributed by atoms with Crippen LogP contribution in [0.5, 0.6) is 5.75 Å². The molecule has 3 rings (SSSR count). The van der Waals surface area contributed by atoms with Gasteiger partial charge in [0, 0.05) is 24.0 Å². The van der Waals surface area contributed by atoms with Crippen LogP contribution >= 0.6 is 0 Å². The average molecular weight is 378 g/mol. The summed E-state index contributed by atoms with van der Waals surface area (Å²) in [6.07, 6.45) is 0. The summed E-state index contributed by atoms with van der Waals surface area (Å²) in [6.45, 7) is 2.49. The van der Waals surface area contributed by atoms with E-state index in [2.05, 4.69) is 20.6 Å². The third-order valence-corrected chi connectivity index (χ3v) is 4.02. The normalized spacial score (nSPS) is 10.2. The number of carbonyl (C=O) groups is 1. The molecule has 144 valence electrons. The second-order valence-electron chi connectivity index (χ2n) is 6.12. The van der Waals surface area contributed by atoms with Gasteiger partial charge in [-0.25, -0.2) is 9.78 Å². The molecule has 2 N–H and O–H groups in total. The zero-order valence-corrected chi connectivity index (χ0v) is 16.0. The van der Waals surface area contributed by atoms with Gasteiger partial charge in [-0.1, -0.05) is 18.2 Å². The molecule has 0 saturated carbocycles. The molecule has 0 unspecified atom stereocenters. The van der Waals surface area contributed by atoms with Gasteiger partial charge in [-0.2, -0.15) is 4.98 Å². The molecule has 7 nitrogen and oxygen atoms in total. The van der Waals surface area contributed by atoms with E-state index in [9.17, 15) is 4.79 Å². The van der Waals surface area contributed by atoms with Gasteiger partial charge in [-0.3, -0.25) is 0 Å². The highest BCUT2D eigenvalue weighted by Gasteiger charge is 2.07. The number of aryl methyl sites for hydroxylation is 1. The van der Waals surface area contributed by atoms with Crippen LogP contribution in [-0.4, -0.2) is 30.2 Å². The number of esters is 1. The highest BCUT2D eigenvalue weighted by Crippen LogP contribution is 2.19. The van der Waals surface area contributed by atoms with Crippen molar-refractivity contribution < 1.29 is 14.3 Å². The number of hydrogen-bond acceptors (Lipinski definition) is 7. The average Bonchev–Trinajstić information content (AvgIpc) is 2.72. The molecule has 7 heteroatoms. The lowest BCUT2D eigenvalue weighted by Crippen LogP contribution is -2.07. The van der Waals surface area contributed by atoms with Crippen molar-refractivity contribution in [2.45, 2.75) is 13.5 Å². The Labute approximate surface area is 163 Å². The molecule has 0 aliphatic heterocycles. The van der Waals surface area contributed by atoms with Gasteiger partial charge in [-0.15, -0.1) is 0 Å². The van der Waals surface area contributed by atoms with Crippen molar-refractivity contribution in [3.8, 4) is 5.75 Å². The molecule has 3 aromatic rings. The Balaban J connectivity index is 1.71. The van der Waals surface area contributed by atoms with Crippen molar-refractivity contribution in [3.63, 3.8) is 0 Å². The lowest BCUT2D eigenvalue weighted by atomic mass is 10.2. The molecule has 0 amide bonds. The van der Waals surface area contributed by atoms with Gasteiger partial charge in [0.15, 0.2) is 0 Å². The topological polar surface area (TPSA) is 85.4 Å². The van der Waals surface area contributed by atoms with E-state index in [1.165, 1.54) is 7.11 Å². The Kier molecular flexibility index (Phi) is 6.06. The molecule has 0 spiro atoms. The summed E-state index contributed by atoms with van der Waals surface area (Å²) in [5, 5.41) is 6.43. The summed E-state index contributed by atoms with van der Waals surface area (Å²) in [6, 6.07) is 16.7. The molecule has 0 aliphatic rings. The first-order valence-electron chi connectivity index (χ1n) is 8.75. The first kappa shape index (κ1) is 19.2. The zero-order chi connectivity index (χ0) is 19.9. The fourth-order valence-electron chi connectivity index (χ4n) is 2.63. The zero-order valence-electron chi connectivity index (χ0n) is 16.0. The maximum atomic E-state index is 11.7. The molecule has 28 heavy (non-hydrogen) atoms. The van der Waals surface area contributed by atoms with Crippen LogP contribution in [0, 0.1) is 6.92 Å². The van der Waals surface area contributed by atoms with E-state index in [0.717, 1.165) is 22.7 Å². The molecule has 1 heterocycles. The van der Waals surface area contributed by atoms with Crippen LogP contribution in [0.2, 0.25) is 0 Å². The number of ether oxygens (including phenoxy) is 2. The van der Waals surface area contributed by atoms with Crippen LogP contribution in [0.4, 0.5) is 17.5 Å². The van der Waals surface area contributed by atoms with Gasteiger partial charge in [0.2, 0.25) is 5.95 Å². The number of carbonyl (C=O) groups excluding carboxylic acids is 1. The number of rotatable bonds is 7. The Morgan fingerprint density at radius 1 is 1.04 bits per heavy atom. The first-order chi connectivity index (χ1) is 13.6. The van der Waals surface area contributed by atoms with Gasteiger partial charge in [0.1, 0.15) is 11.6 Å². The smallest absolute Gasteiger partial charge is 0.337 e. The highest BCUT2D eigenvalue weighted by atomic mass is 16.5. The summed E-state index contributed by atoms with van der Waals surface area (Å²) in [5.41, 5.74) is 3.11. The SMILES string of the molecule is COC(=O)c1cccc(Nc2cc(C)nc(NCc3ccc(OC)cc3)n2)c1. The van der Waals surface area contributed by atoms with Crippen LogP contribution in [0.1, 0.15) is 21.6 Å². The Bertz CT molecular complexity index is 958. The van der Waals surface area contributed by atoms with E-state index in [0.29, 0.717) is 23.9 Å². The monoisotopic (exact) mass is 378 g/mol. The van der Waals surface area contributed by atoms with Gasteiger partial charge >= 0.3 is 5.97 Å². The van der Waals surface area contributed by atoms with E-state index in [4.69, 9.17) is 9.47 Å². The highest BCUT2D eigenvalue weighted by molar-refractivity contribution is 5.90. The minimum absolute atomic E-state index is 0.385. The molecule has 0 atom stereocenters. The summed E-state index contributed by atoms with van der Waals surface area (Å²) in [4.78, 5) is 20.6. The number of methoxy groups -OCH3 is 2. The van der Waals surface area contributed by atoms with Crippen molar-refractivity contribution in [1.82, 2.24) is 9.97 Å². The predicted molar refractivity (Wildman–Crippen MR) is 108 cm³/mol. The minimum atomic E-state index is -0.385. The van der Waals surface area contributed by atoms with Crippen LogP contribution < -0.4 is 15.4 Å². The maximum Gasteiger partial charge on any atom is 0.337 e. The lowest BCUT2D eigenvalue weighted by molar-refractivity contribution is 0.0601. The van der Waals surface area contributed by atoms with Crippen molar-refractivity contribution in [2.75, 3.05) is 24.9 Å². The summed E-state index contributed by atoms with van der Waals surface area (Å²) in [5.74, 6) is 1.58. The Hall–Kier alpha value is -3.61. The second-order valence-corrected chi connectivity index (χ2v) is 6.12. The first-order valence-corrected chi connectivity index (χ1v) is 8.75. The van der Waals surface area contributed by atoms with Crippen molar-refractivity contribution in [2.24, 2.45) is 0 Å². The molecule has 0 saturated heterocycles. The van der Waals surface area contributed by atoms with E-state index < -0.39 is 0 Å². The number of nitrogens with zero attached hydrogens (tertiary/aromatic N) is 2. The van der Waals surface area contributed by atoms with E-state index in [1.54, 1.807) is 25.3 Å². The number of nitrogens with one attached hydrogen (secondary N) is 2. The number of anilines is 3. The fraction of sp³-hybridized carbons (Fsp3) is 0.190. The number of hydrogen-bond donors (Lipinski definition) is 2. The molecule has 1 aromatic heterocycles.